The highest BCUT2D eigenvalue weighted by Gasteiger charge is 2.33. The highest BCUT2D eigenvalue weighted by Crippen LogP contribution is 2.25. The van der Waals surface area contributed by atoms with Gasteiger partial charge in [0.1, 0.15) is 6.04 Å². The fourth-order valence-corrected chi connectivity index (χ4v) is 6.18. The summed E-state index contributed by atoms with van der Waals surface area (Å²) in [5.74, 6) is -0.643. The van der Waals surface area contributed by atoms with Crippen molar-refractivity contribution in [2.24, 2.45) is 0 Å². The SMILES string of the molecule is O=C(O)[C@@H]1CCCCN1C(=O)CSC1CCS(=O)(=O)C1. The number of amides is 1. The number of piperidine rings is 1. The molecule has 20 heavy (non-hydrogen) atoms. The molecule has 6 nitrogen and oxygen atoms in total. The maximum atomic E-state index is 12.1. The molecule has 2 saturated heterocycles. The number of likely N-dealkylation sites (tertiary alicyclic amines) is 1. The van der Waals surface area contributed by atoms with Crippen LogP contribution in [-0.2, 0) is 19.4 Å². The molecule has 0 aromatic rings. The fraction of sp³-hybridized carbons (Fsp3) is 0.833. The van der Waals surface area contributed by atoms with E-state index < -0.39 is 21.8 Å². The van der Waals surface area contributed by atoms with Crippen molar-refractivity contribution in [3.8, 4) is 0 Å². The normalized spacial score (nSPS) is 29.3. The second-order valence-corrected chi connectivity index (χ2v) is 8.79. The van der Waals surface area contributed by atoms with Crippen LogP contribution in [0.1, 0.15) is 25.7 Å². The lowest BCUT2D eigenvalue weighted by Gasteiger charge is -2.33. The molecule has 1 amide bonds. The summed E-state index contributed by atoms with van der Waals surface area (Å²) in [6.07, 6.45) is 2.75. The van der Waals surface area contributed by atoms with E-state index in [-0.39, 0.29) is 28.4 Å². The molecule has 0 saturated carbocycles. The van der Waals surface area contributed by atoms with E-state index >= 15 is 0 Å². The molecule has 0 aromatic carbocycles. The summed E-state index contributed by atoms with van der Waals surface area (Å²) in [5, 5.41) is 9.10. The Labute approximate surface area is 122 Å². The number of hydrogen-bond donors (Lipinski definition) is 1. The first-order valence-electron chi connectivity index (χ1n) is 6.73. The van der Waals surface area contributed by atoms with Gasteiger partial charge in [0, 0.05) is 11.8 Å². The minimum Gasteiger partial charge on any atom is -0.480 e. The van der Waals surface area contributed by atoms with Crippen LogP contribution >= 0.6 is 11.8 Å². The predicted molar refractivity (Wildman–Crippen MR) is 76.5 cm³/mol. The summed E-state index contributed by atoms with van der Waals surface area (Å²) in [6.45, 7) is 0.485. The van der Waals surface area contributed by atoms with Crippen LogP contribution in [0.25, 0.3) is 0 Å². The standard InChI is InChI=1S/C12H19NO5S2/c14-11(7-19-9-4-6-20(17,18)8-9)13-5-2-1-3-10(13)12(15)16/h9-10H,1-8H2,(H,15,16)/t9?,10-/m0/s1. The van der Waals surface area contributed by atoms with Crippen molar-refractivity contribution in [3.05, 3.63) is 0 Å². The minimum absolute atomic E-state index is 0.0305. The quantitative estimate of drug-likeness (QED) is 0.804. The van der Waals surface area contributed by atoms with E-state index in [4.69, 9.17) is 5.11 Å². The zero-order chi connectivity index (χ0) is 14.8. The summed E-state index contributed by atoms with van der Waals surface area (Å²) in [6, 6.07) is -0.718. The van der Waals surface area contributed by atoms with Crippen molar-refractivity contribution in [1.29, 1.82) is 0 Å². The third-order valence-electron chi connectivity index (χ3n) is 3.74. The van der Waals surface area contributed by atoms with Gasteiger partial charge < -0.3 is 10.0 Å². The van der Waals surface area contributed by atoms with Gasteiger partial charge >= 0.3 is 5.97 Å². The number of sulfone groups is 1. The topological polar surface area (TPSA) is 91.8 Å². The van der Waals surface area contributed by atoms with E-state index in [1.54, 1.807) is 0 Å². The Morgan fingerprint density at radius 2 is 2.00 bits per heavy atom. The number of carbonyl (C=O) groups is 2. The molecule has 0 spiro atoms. The molecule has 114 valence electrons. The second kappa shape index (κ2) is 6.34. The van der Waals surface area contributed by atoms with E-state index in [0.717, 1.165) is 12.8 Å². The Balaban J connectivity index is 1.86. The Bertz CT molecular complexity index is 490. The number of carboxylic acid groups (broad SMARTS) is 1. The maximum absolute atomic E-state index is 12.1. The Morgan fingerprint density at radius 1 is 1.25 bits per heavy atom. The van der Waals surface area contributed by atoms with Gasteiger partial charge in [-0.15, -0.1) is 11.8 Å². The number of hydrogen-bond acceptors (Lipinski definition) is 5. The average molecular weight is 321 g/mol. The number of carboxylic acids is 1. The second-order valence-electron chi connectivity index (χ2n) is 5.27. The lowest BCUT2D eigenvalue weighted by molar-refractivity contribution is -0.150. The molecule has 0 radical (unpaired) electrons. The molecule has 2 aliphatic rings. The van der Waals surface area contributed by atoms with Gasteiger partial charge in [0.15, 0.2) is 9.84 Å². The van der Waals surface area contributed by atoms with E-state index in [9.17, 15) is 18.0 Å². The molecule has 2 atom stereocenters. The molecule has 2 rings (SSSR count). The number of nitrogens with zero attached hydrogens (tertiary/aromatic N) is 1. The van der Waals surface area contributed by atoms with Gasteiger partial charge in [-0.25, -0.2) is 13.2 Å². The average Bonchev–Trinajstić information content (AvgIpc) is 2.75. The van der Waals surface area contributed by atoms with Crippen LogP contribution in [0, 0.1) is 0 Å². The van der Waals surface area contributed by atoms with Crippen LogP contribution in [0.15, 0.2) is 0 Å². The van der Waals surface area contributed by atoms with Crippen LogP contribution in [0.3, 0.4) is 0 Å². The summed E-state index contributed by atoms with van der Waals surface area (Å²) < 4.78 is 22.7. The molecular formula is C12H19NO5S2. The number of rotatable bonds is 4. The maximum Gasteiger partial charge on any atom is 0.326 e. The van der Waals surface area contributed by atoms with Gasteiger partial charge in [-0.3, -0.25) is 4.79 Å². The largest absolute Gasteiger partial charge is 0.480 e. The summed E-state index contributed by atoms with van der Waals surface area (Å²) in [7, 11) is -2.93. The van der Waals surface area contributed by atoms with E-state index in [1.165, 1.54) is 16.7 Å². The van der Waals surface area contributed by atoms with Gasteiger partial charge in [-0.05, 0) is 25.7 Å². The predicted octanol–water partition coefficient (Wildman–Crippen LogP) is 0.372. The molecule has 8 heteroatoms. The van der Waals surface area contributed by atoms with Gasteiger partial charge in [-0.2, -0.15) is 0 Å². The van der Waals surface area contributed by atoms with Gasteiger partial charge in [0.2, 0.25) is 5.91 Å². The lowest BCUT2D eigenvalue weighted by atomic mass is 10.0. The minimum atomic E-state index is -2.93. The van der Waals surface area contributed by atoms with Crippen LogP contribution in [0.5, 0.6) is 0 Å². The van der Waals surface area contributed by atoms with Crippen molar-refractivity contribution >= 4 is 33.5 Å². The Morgan fingerprint density at radius 3 is 2.60 bits per heavy atom. The zero-order valence-electron chi connectivity index (χ0n) is 11.2. The Hall–Kier alpha value is -0.760. The van der Waals surface area contributed by atoms with Gasteiger partial charge in [-0.1, -0.05) is 0 Å². The van der Waals surface area contributed by atoms with Crippen molar-refractivity contribution in [3.63, 3.8) is 0 Å². The molecule has 2 heterocycles. The molecule has 2 fully saturated rings. The van der Waals surface area contributed by atoms with Gasteiger partial charge in [0.05, 0.1) is 17.3 Å². The summed E-state index contributed by atoms with van der Waals surface area (Å²) in [5.41, 5.74) is 0. The number of aliphatic carboxylic acids is 1. The molecule has 0 aliphatic carbocycles. The summed E-state index contributed by atoms with van der Waals surface area (Å²) in [4.78, 5) is 24.7. The number of carbonyl (C=O) groups excluding carboxylic acids is 1. The first-order valence-corrected chi connectivity index (χ1v) is 9.60. The lowest BCUT2D eigenvalue weighted by Crippen LogP contribution is -2.48. The van der Waals surface area contributed by atoms with Crippen molar-refractivity contribution in [2.75, 3.05) is 23.8 Å². The first kappa shape index (κ1) is 15.6. The van der Waals surface area contributed by atoms with Crippen molar-refractivity contribution in [2.45, 2.75) is 37.0 Å². The van der Waals surface area contributed by atoms with Crippen molar-refractivity contribution in [1.82, 2.24) is 4.90 Å². The van der Waals surface area contributed by atoms with Crippen molar-refractivity contribution < 1.29 is 23.1 Å². The molecule has 2 aliphatic heterocycles. The van der Waals surface area contributed by atoms with Crippen LogP contribution in [0.2, 0.25) is 0 Å². The van der Waals surface area contributed by atoms with Crippen LogP contribution in [-0.4, -0.2) is 65.4 Å². The first-order chi connectivity index (χ1) is 9.39. The zero-order valence-corrected chi connectivity index (χ0v) is 12.8. The molecule has 1 N–H and O–H groups in total. The van der Waals surface area contributed by atoms with E-state index in [0.29, 0.717) is 19.4 Å². The monoisotopic (exact) mass is 321 g/mol. The molecular weight excluding hydrogens is 302 g/mol. The van der Waals surface area contributed by atoms with E-state index in [1.807, 2.05) is 0 Å². The molecule has 1 unspecified atom stereocenters. The summed E-state index contributed by atoms with van der Waals surface area (Å²) >= 11 is 1.34. The third-order valence-corrected chi connectivity index (χ3v) is 7.01. The highest BCUT2D eigenvalue weighted by molar-refractivity contribution is 8.02. The number of thioether (sulfide) groups is 1. The highest BCUT2D eigenvalue weighted by atomic mass is 32.2. The molecule has 0 aromatic heterocycles. The van der Waals surface area contributed by atoms with Gasteiger partial charge in [0.25, 0.3) is 0 Å². The van der Waals surface area contributed by atoms with Crippen LogP contribution in [0.4, 0.5) is 0 Å². The fourth-order valence-electron chi connectivity index (χ4n) is 2.65. The smallest absolute Gasteiger partial charge is 0.326 e. The van der Waals surface area contributed by atoms with E-state index in [2.05, 4.69) is 0 Å². The van der Waals surface area contributed by atoms with Crippen LogP contribution < -0.4 is 0 Å². The third kappa shape index (κ3) is 3.88. The Kier molecular flexibility index (Phi) is 4.95. The molecule has 0 bridgehead atoms.